The molecule has 1 aromatic carbocycles. The Morgan fingerprint density at radius 2 is 2.06 bits per heavy atom. The first-order valence-corrected chi connectivity index (χ1v) is 6.05. The summed E-state index contributed by atoms with van der Waals surface area (Å²) in [6.07, 6.45) is 6.56. The van der Waals surface area contributed by atoms with Gasteiger partial charge in [0, 0.05) is 6.54 Å². The van der Waals surface area contributed by atoms with E-state index in [0.29, 0.717) is 19.5 Å². The normalized spacial score (nSPS) is 9.61. The number of carbonyl (C=O) groups excluding carboxylic acids is 1. The topological polar surface area (TPSA) is 29.5 Å². The van der Waals surface area contributed by atoms with Gasteiger partial charge in [-0.3, -0.25) is 4.79 Å². The van der Waals surface area contributed by atoms with Crippen LogP contribution in [-0.4, -0.2) is 31.0 Å². The fourth-order valence-corrected chi connectivity index (χ4v) is 1.70. The zero-order chi connectivity index (χ0) is 13.4. The van der Waals surface area contributed by atoms with Gasteiger partial charge in [-0.15, -0.1) is 6.42 Å². The van der Waals surface area contributed by atoms with Crippen molar-refractivity contribution < 1.29 is 9.53 Å². The summed E-state index contributed by atoms with van der Waals surface area (Å²) in [4.78, 5) is 13.8. The average Bonchev–Trinajstić information content (AvgIpc) is 2.39. The summed E-state index contributed by atoms with van der Waals surface area (Å²) >= 11 is 0. The molecule has 0 aliphatic rings. The Balaban J connectivity index is 2.63. The second-order valence-electron chi connectivity index (χ2n) is 4.04. The van der Waals surface area contributed by atoms with Crippen LogP contribution >= 0.6 is 0 Å². The highest BCUT2D eigenvalue weighted by Crippen LogP contribution is 2.12. The molecule has 0 radical (unpaired) electrons. The zero-order valence-electron chi connectivity index (χ0n) is 11.0. The number of hydrogen-bond acceptors (Lipinski definition) is 2. The number of nitrogens with zero attached hydrogens (tertiary/aromatic N) is 1. The molecule has 0 saturated carbocycles. The molecule has 0 fully saturated rings. The first-order valence-electron chi connectivity index (χ1n) is 6.05. The first kappa shape index (κ1) is 14.1. The molecule has 0 unspecified atom stereocenters. The van der Waals surface area contributed by atoms with Gasteiger partial charge in [-0.05, 0) is 24.1 Å². The number of methoxy groups -OCH3 is 1. The van der Waals surface area contributed by atoms with Crippen LogP contribution in [0.25, 0.3) is 0 Å². The number of ether oxygens (including phenoxy) is 1. The van der Waals surface area contributed by atoms with E-state index >= 15 is 0 Å². The van der Waals surface area contributed by atoms with Gasteiger partial charge in [0.1, 0.15) is 5.75 Å². The van der Waals surface area contributed by atoms with Gasteiger partial charge in [-0.25, -0.2) is 0 Å². The van der Waals surface area contributed by atoms with Gasteiger partial charge < -0.3 is 9.64 Å². The molecule has 18 heavy (non-hydrogen) atoms. The van der Waals surface area contributed by atoms with Gasteiger partial charge >= 0.3 is 0 Å². The third-order valence-corrected chi connectivity index (χ3v) is 2.64. The van der Waals surface area contributed by atoms with Crippen LogP contribution in [0.5, 0.6) is 5.75 Å². The summed E-state index contributed by atoms with van der Waals surface area (Å²) in [5.41, 5.74) is 0.971. The van der Waals surface area contributed by atoms with Crippen molar-refractivity contribution in [1.29, 1.82) is 0 Å². The molecule has 1 rings (SSSR count). The molecule has 0 atom stereocenters. The summed E-state index contributed by atoms with van der Waals surface area (Å²) in [6, 6.07) is 7.51. The molecule has 1 amide bonds. The molecule has 0 heterocycles. The van der Waals surface area contributed by atoms with Crippen molar-refractivity contribution in [3.05, 3.63) is 29.8 Å². The van der Waals surface area contributed by atoms with Crippen molar-refractivity contribution in [2.24, 2.45) is 0 Å². The van der Waals surface area contributed by atoms with Gasteiger partial charge in [0.2, 0.25) is 5.91 Å². The molecule has 96 valence electrons. The Kier molecular flexibility index (Phi) is 5.79. The molecule has 0 aliphatic heterocycles. The predicted molar refractivity (Wildman–Crippen MR) is 72.4 cm³/mol. The maximum atomic E-state index is 12.0. The molecule has 0 spiro atoms. The van der Waals surface area contributed by atoms with Crippen LogP contribution in [0.3, 0.4) is 0 Å². The van der Waals surface area contributed by atoms with Crippen LogP contribution in [-0.2, 0) is 11.2 Å². The van der Waals surface area contributed by atoms with Crippen molar-refractivity contribution in [3.8, 4) is 18.1 Å². The lowest BCUT2D eigenvalue weighted by atomic mass is 10.1. The van der Waals surface area contributed by atoms with Crippen molar-refractivity contribution in [1.82, 2.24) is 4.90 Å². The molecule has 0 aliphatic carbocycles. The fourth-order valence-electron chi connectivity index (χ4n) is 1.70. The molecule has 0 saturated heterocycles. The highest BCUT2D eigenvalue weighted by molar-refractivity contribution is 5.79. The second-order valence-corrected chi connectivity index (χ2v) is 4.04. The molecule has 3 heteroatoms. The maximum absolute atomic E-state index is 12.0. The molecular formula is C15H19NO2. The molecule has 3 nitrogen and oxygen atoms in total. The number of rotatable bonds is 6. The van der Waals surface area contributed by atoms with E-state index in [-0.39, 0.29) is 5.91 Å². The van der Waals surface area contributed by atoms with E-state index in [0.717, 1.165) is 17.7 Å². The molecule has 0 N–H and O–H groups in total. The van der Waals surface area contributed by atoms with E-state index < -0.39 is 0 Å². The number of carbonyl (C=O) groups is 1. The van der Waals surface area contributed by atoms with E-state index in [1.165, 1.54) is 0 Å². The summed E-state index contributed by atoms with van der Waals surface area (Å²) in [5, 5.41) is 0. The summed E-state index contributed by atoms with van der Waals surface area (Å²) < 4.78 is 5.08. The van der Waals surface area contributed by atoms with Crippen molar-refractivity contribution >= 4 is 5.91 Å². The number of hydrogen-bond donors (Lipinski definition) is 0. The fraction of sp³-hybridized carbons (Fsp3) is 0.400. The zero-order valence-corrected chi connectivity index (χ0v) is 11.0. The van der Waals surface area contributed by atoms with E-state index in [1.54, 1.807) is 12.0 Å². The number of terminal acetylenes is 1. The smallest absolute Gasteiger partial charge is 0.227 e. The Morgan fingerprint density at radius 3 is 2.56 bits per heavy atom. The van der Waals surface area contributed by atoms with Crippen LogP contribution in [0.15, 0.2) is 24.3 Å². The third kappa shape index (κ3) is 4.14. The quantitative estimate of drug-likeness (QED) is 0.718. The minimum atomic E-state index is 0.0694. The molecule has 0 bridgehead atoms. The monoisotopic (exact) mass is 245 g/mol. The van der Waals surface area contributed by atoms with E-state index in [1.807, 2.05) is 31.2 Å². The van der Waals surface area contributed by atoms with E-state index in [4.69, 9.17) is 11.2 Å². The number of benzene rings is 1. The molecule has 1 aromatic rings. The molecular weight excluding hydrogens is 226 g/mol. The molecule has 0 aromatic heterocycles. The SMILES string of the molecule is C#CCN(CCC)C(=O)Cc1ccc(OC)cc1. The lowest BCUT2D eigenvalue weighted by Crippen LogP contribution is -2.33. The van der Waals surface area contributed by atoms with Gasteiger partial charge in [0.05, 0.1) is 20.1 Å². The lowest BCUT2D eigenvalue weighted by Gasteiger charge is -2.19. The highest BCUT2D eigenvalue weighted by Gasteiger charge is 2.11. The van der Waals surface area contributed by atoms with Crippen LogP contribution in [0, 0.1) is 12.3 Å². The summed E-state index contributed by atoms with van der Waals surface area (Å²) in [5.74, 6) is 3.38. The Hall–Kier alpha value is -1.95. The average molecular weight is 245 g/mol. The van der Waals surface area contributed by atoms with Crippen LogP contribution < -0.4 is 4.74 Å². The Bertz CT molecular complexity index is 417. The first-order chi connectivity index (χ1) is 8.71. The minimum absolute atomic E-state index is 0.0694. The van der Waals surface area contributed by atoms with Gasteiger partial charge in [-0.1, -0.05) is 25.0 Å². The van der Waals surface area contributed by atoms with E-state index in [2.05, 4.69) is 5.92 Å². The van der Waals surface area contributed by atoms with Crippen LogP contribution in [0.4, 0.5) is 0 Å². The van der Waals surface area contributed by atoms with Gasteiger partial charge in [0.15, 0.2) is 0 Å². The standard InChI is InChI=1S/C15H19NO2/c1-4-10-16(11-5-2)15(17)12-13-6-8-14(18-3)9-7-13/h1,6-9H,5,10-12H2,2-3H3. The highest BCUT2D eigenvalue weighted by atomic mass is 16.5. The van der Waals surface area contributed by atoms with E-state index in [9.17, 15) is 4.79 Å². The third-order valence-electron chi connectivity index (χ3n) is 2.64. The Labute approximate surface area is 109 Å². The van der Waals surface area contributed by atoms with Crippen LogP contribution in [0.2, 0.25) is 0 Å². The van der Waals surface area contributed by atoms with Crippen LogP contribution in [0.1, 0.15) is 18.9 Å². The van der Waals surface area contributed by atoms with Crippen molar-refractivity contribution in [2.75, 3.05) is 20.2 Å². The maximum Gasteiger partial charge on any atom is 0.227 e. The van der Waals surface area contributed by atoms with Crippen molar-refractivity contribution in [2.45, 2.75) is 19.8 Å². The minimum Gasteiger partial charge on any atom is -0.497 e. The van der Waals surface area contributed by atoms with Gasteiger partial charge in [-0.2, -0.15) is 0 Å². The predicted octanol–water partition coefficient (Wildman–Crippen LogP) is 2.11. The Morgan fingerprint density at radius 1 is 1.39 bits per heavy atom. The summed E-state index contributed by atoms with van der Waals surface area (Å²) in [6.45, 7) is 3.12. The second kappa shape index (κ2) is 7.39. The largest absolute Gasteiger partial charge is 0.497 e. The lowest BCUT2D eigenvalue weighted by molar-refractivity contribution is -0.129. The van der Waals surface area contributed by atoms with Gasteiger partial charge in [0.25, 0.3) is 0 Å². The summed E-state index contributed by atoms with van der Waals surface area (Å²) in [7, 11) is 1.62. The number of amides is 1. The van der Waals surface area contributed by atoms with Crippen molar-refractivity contribution in [3.63, 3.8) is 0 Å².